The molecule has 0 saturated carbocycles. The Balaban J connectivity index is 2.35. The first-order valence-corrected chi connectivity index (χ1v) is 8.16. The monoisotopic (exact) mass is 315 g/mol. The van der Waals surface area contributed by atoms with Crippen LogP contribution in [-0.4, -0.2) is 27.2 Å². The molecular weight excluding hydrogens is 293 g/mol. The molecule has 2 aromatic carbocycles. The fourth-order valence-electron chi connectivity index (χ4n) is 2.18. The summed E-state index contributed by atoms with van der Waals surface area (Å²) in [5, 5.41) is 2.45. The Bertz CT molecular complexity index is 668. The second-order valence-corrected chi connectivity index (χ2v) is 6.48. The van der Waals surface area contributed by atoms with Gasteiger partial charge in [0.15, 0.2) is 6.79 Å². The predicted molar refractivity (Wildman–Crippen MR) is 96.0 cm³/mol. The highest BCUT2D eigenvalue weighted by molar-refractivity contribution is 7.56. The van der Waals surface area contributed by atoms with Gasteiger partial charge in [-0.25, -0.2) is 0 Å². The summed E-state index contributed by atoms with van der Waals surface area (Å²) >= 11 is 0. The normalized spacial score (nSPS) is 11.6. The van der Waals surface area contributed by atoms with E-state index in [9.17, 15) is 0 Å². The molecule has 0 bridgehead atoms. The van der Waals surface area contributed by atoms with Crippen LogP contribution < -0.4 is 15.3 Å². The van der Waals surface area contributed by atoms with E-state index in [0.717, 1.165) is 5.75 Å². The van der Waals surface area contributed by atoms with Crippen LogP contribution in [0, 0.1) is 13.8 Å². The van der Waals surface area contributed by atoms with E-state index >= 15 is 0 Å². The molecule has 0 aliphatic carbocycles. The van der Waals surface area contributed by atoms with E-state index in [1.54, 1.807) is 14.2 Å². The van der Waals surface area contributed by atoms with Crippen molar-refractivity contribution in [3.8, 4) is 5.75 Å². The zero-order chi connectivity index (χ0) is 15.9. The number of hydrogen-bond donors (Lipinski definition) is 0. The van der Waals surface area contributed by atoms with E-state index in [-0.39, 0.29) is 6.79 Å². The van der Waals surface area contributed by atoms with Gasteiger partial charge in [-0.05, 0) is 37.4 Å². The van der Waals surface area contributed by atoms with E-state index in [1.165, 1.54) is 27.3 Å². The van der Waals surface area contributed by atoms with Gasteiger partial charge in [0.2, 0.25) is 0 Å². The first-order chi connectivity index (χ1) is 10.6. The summed E-state index contributed by atoms with van der Waals surface area (Å²) in [4.78, 5) is 4.17. The van der Waals surface area contributed by atoms with E-state index in [1.807, 2.05) is 12.3 Å². The lowest BCUT2D eigenvalue weighted by atomic mass is 10.1. The average Bonchev–Trinajstić information content (AvgIpc) is 2.49. The van der Waals surface area contributed by atoms with Crippen LogP contribution in [0.4, 0.5) is 0 Å². The highest BCUT2D eigenvalue weighted by Crippen LogP contribution is 2.22. The highest BCUT2D eigenvalue weighted by atomic mass is 31.1. The standard InChI is InChI=1S/C18H22NO2P/c1-13-6-8-17(15(9-13)11-19-3)22-18-10-14(2)5-7-16(18)21-12-20-4/h5-11,22H,12H2,1-4H3. The van der Waals surface area contributed by atoms with Crippen molar-refractivity contribution in [2.75, 3.05) is 21.0 Å². The summed E-state index contributed by atoms with van der Waals surface area (Å²) in [5.74, 6) is 0.880. The third-order valence-electron chi connectivity index (χ3n) is 3.21. The maximum atomic E-state index is 5.69. The van der Waals surface area contributed by atoms with Crippen LogP contribution >= 0.6 is 8.58 Å². The van der Waals surface area contributed by atoms with Gasteiger partial charge >= 0.3 is 0 Å². The third kappa shape index (κ3) is 4.40. The zero-order valence-corrected chi connectivity index (χ0v) is 14.5. The number of benzene rings is 2. The van der Waals surface area contributed by atoms with Gasteiger partial charge in [-0.3, -0.25) is 4.99 Å². The summed E-state index contributed by atoms with van der Waals surface area (Å²) < 4.78 is 10.7. The largest absolute Gasteiger partial charge is 0.467 e. The quantitative estimate of drug-likeness (QED) is 0.466. The SMILES string of the molecule is CN=Cc1cc(C)ccc1Pc1cc(C)ccc1OCOC. The van der Waals surface area contributed by atoms with Crippen LogP contribution in [0.1, 0.15) is 16.7 Å². The summed E-state index contributed by atoms with van der Waals surface area (Å²) in [5.41, 5.74) is 3.63. The minimum atomic E-state index is 0.262. The van der Waals surface area contributed by atoms with Crippen molar-refractivity contribution in [3.63, 3.8) is 0 Å². The van der Waals surface area contributed by atoms with Crippen LogP contribution in [0.2, 0.25) is 0 Å². The van der Waals surface area contributed by atoms with Gasteiger partial charge in [0.1, 0.15) is 5.75 Å². The molecule has 0 spiro atoms. The fourth-order valence-corrected chi connectivity index (χ4v) is 3.49. The molecule has 0 radical (unpaired) electrons. The van der Waals surface area contributed by atoms with Gasteiger partial charge in [-0.1, -0.05) is 37.9 Å². The van der Waals surface area contributed by atoms with Crippen LogP contribution in [0.3, 0.4) is 0 Å². The van der Waals surface area contributed by atoms with Crippen molar-refractivity contribution >= 4 is 25.4 Å². The average molecular weight is 315 g/mol. The van der Waals surface area contributed by atoms with Gasteiger partial charge < -0.3 is 9.47 Å². The second-order valence-electron chi connectivity index (χ2n) is 5.15. The summed E-state index contributed by atoms with van der Waals surface area (Å²) in [6.07, 6.45) is 1.92. The van der Waals surface area contributed by atoms with Crippen molar-refractivity contribution in [1.29, 1.82) is 0 Å². The number of aliphatic imine (C=N–C) groups is 1. The summed E-state index contributed by atoms with van der Waals surface area (Å²) in [7, 11) is 3.95. The molecule has 0 heterocycles. The van der Waals surface area contributed by atoms with Crippen molar-refractivity contribution in [1.82, 2.24) is 0 Å². The van der Waals surface area contributed by atoms with E-state index in [4.69, 9.17) is 9.47 Å². The molecule has 2 aromatic rings. The van der Waals surface area contributed by atoms with Gasteiger partial charge in [0.25, 0.3) is 0 Å². The summed E-state index contributed by atoms with van der Waals surface area (Å²) in [6.45, 7) is 4.45. The molecule has 1 unspecified atom stereocenters. The van der Waals surface area contributed by atoms with Gasteiger partial charge in [0.05, 0.1) is 0 Å². The third-order valence-corrected chi connectivity index (χ3v) is 4.60. The molecule has 0 saturated heterocycles. The maximum absolute atomic E-state index is 5.69. The number of rotatable bonds is 6. The first kappa shape index (κ1) is 16.7. The molecular formula is C18H22NO2P. The zero-order valence-electron chi connectivity index (χ0n) is 13.5. The first-order valence-electron chi connectivity index (χ1n) is 7.16. The molecule has 0 aliphatic heterocycles. The highest BCUT2D eigenvalue weighted by Gasteiger charge is 2.08. The molecule has 0 N–H and O–H groups in total. The van der Waals surface area contributed by atoms with Gasteiger partial charge in [-0.2, -0.15) is 0 Å². The van der Waals surface area contributed by atoms with Crippen LogP contribution in [0.5, 0.6) is 5.75 Å². The smallest absolute Gasteiger partial charge is 0.188 e. The lowest BCUT2D eigenvalue weighted by molar-refractivity contribution is 0.0519. The minimum absolute atomic E-state index is 0.262. The number of nitrogens with zero attached hydrogens (tertiary/aromatic N) is 1. The Morgan fingerprint density at radius 3 is 2.50 bits per heavy atom. The van der Waals surface area contributed by atoms with Crippen molar-refractivity contribution < 1.29 is 9.47 Å². The maximum Gasteiger partial charge on any atom is 0.188 e. The molecule has 22 heavy (non-hydrogen) atoms. The Hall–Kier alpha value is -1.70. The van der Waals surface area contributed by atoms with Crippen LogP contribution in [0.15, 0.2) is 41.4 Å². The minimum Gasteiger partial charge on any atom is -0.467 e. The molecule has 0 aliphatic rings. The lowest BCUT2D eigenvalue weighted by Gasteiger charge is -2.13. The number of ether oxygens (including phenoxy) is 2. The Morgan fingerprint density at radius 1 is 1.05 bits per heavy atom. The molecule has 0 fully saturated rings. The molecule has 0 amide bonds. The van der Waals surface area contributed by atoms with Crippen molar-refractivity contribution in [3.05, 3.63) is 53.1 Å². The molecule has 116 valence electrons. The number of hydrogen-bond acceptors (Lipinski definition) is 3. The Kier molecular flexibility index (Phi) is 6.11. The Morgan fingerprint density at radius 2 is 1.77 bits per heavy atom. The van der Waals surface area contributed by atoms with E-state index < -0.39 is 0 Å². The molecule has 4 heteroatoms. The van der Waals surface area contributed by atoms with Gasteiger partial charge in [0, 0.05) is 31.2 Å². The number of aryl methyl sites for hydroxylation is 2. The molecule has 1 atom stereocenters. The summed E-state index contributed by atoms with van der Waals surface area (Å²) in [6, 6.07) is 12.7. The van der Waals surface area contributed by atoms with Crippen LogP contribution in [0.25, 0.3) is 0 Å². The fraction of sp³-hybridized carbons (Fsp3) is 0.278. The molecule has 3 nitrogen and oxygen atoms in total. The van der Waals surface area contributed by atoms with E-state index in [0.29, 0.717) is 8.58 Å². The lowest BCUT2D eigenvalue weighted by Crippen LogP contribution is -2.13. The van der Waals surface area contributed by atoms with Gasteiger partial charge in [-0.15, -0.1) is 0 Å². The number of methoxy groups -OCH3 is 1. The molecule has 2 rings (SSSR count). The van der Waals surface area contributed by atoms with E-state index in [2.05, 4.69) is 49.2 Å². The second kappa shape index (κ2) is 8.07. The van der Waals surface area contributed by atoms with Crippen LogP contribution in [-0.2, 0) is 4.74 Å². The topological polar surface area (TPSA) is 30.8 Å². The Labute approximate surface area is 134 Å². The molecule has 0 aromatic heterocycles. The van der Waals surface area contributed by atoms with Crippen molar-refractivity contribution in [2.24, 2.45) is 4.99 Å². The predicted octanol–water partition coefficient (Wildman–Crippen LogP) is 2.96. The van der Waals surface area contributed by atoms with Crippen molar-refractivity contribution in [2.45, 2.75) is 13.8 Å².